The van der Waals surface area contributed by atoms with Gasteiger partial charge in [-0.05, 0) is 30.7 Å². The van der Waals surface area contributed by atoms with Crippen molar-refractivity contribution in [2.75, 3.05) is 31.1 Å². The highest BCUT2D eigenvalue weighted by molar-refractivity contribution is 5.94. The highest BCUT2D eigenvalue weighted by atomic mass is 16.2. The minimum atomic E-state index is 0.0836. The number of carbonyl (C=O) groups is 1. The van der Waals surface area contributed by atoms with Gasteiger partial charge in [0.15, 0.2) is 5.65 Å². The molecule has 0 radical (unpaired) electrons. The number of rotatable bonds is 5. The second kappa shape index (κ2) is 9.02. The molecule has 168 valence electrons. The molecule has 0 spiro atoms. The van der Waals surface area contributed by atoms with Crippen molar-refractivity contribution in [3.05, 3.63) is 78.2 Å². The lowest BCUT2D eigenvalue weighted by molar-refractivity contribution is 0.0746. The summed E-state index contributed by atoms with van der Waals surface area (Å²) in [4.78, 5) is 27.0. The van der Waals surface area contributed by atoms with E-state index in [4.69, 9.17) is 9.97 Å². The van der Waals surface area contributed by atoms with Gasteiger partial charge in [0, 0.05) is 37.7 Å². The van der Waals surface area contributed by atoms with Crippen molar-refractivity contribution in [1.29, 1.82) is 0 Å². The van der Waals surface area contributed by atoms with Gasteiger partial charge in [0.05, 0.1) is 17.3 Å². The minimum absolute atomic E-state index is 0.0836. The van der Waals surface area contributed by atoms with Crippen LogP contribution in [0.15, 0.2) is 66.9 Å². The molecule has 1 unspecified atom stereocenters. The van der Waals surface area contributed by atoms with Crippen LogP contribution in [0.1, 0.15) is 42.4 Å². The second-order valence-electron chi connectivity index (χ2n) is 8.49. The van der Waals surface area contributed by atoms with Crippen molar-refractivity contribution in [2.45, 2.75) is 26.2 Å². The van der Waals surface area contributed by atoms with Crippen molar-refractivity contribution < 1.29 is 4.79 Å². The summed E-state index contributed by atoms with van der Waals surface area (Å²) in [5, 5.41) is 5.59. The Morgan fingerprint density at radius 3 is 2.27 bits per heavy atom. The molecule has 0 aliphatic carbocycles. The Hall–Kier alpha value is -3.74. The van der Waals surface area contributed by atoms with E-state index in [1.165, 1.54) is 0 Å². The van der Waals surface area contributed by atoms with E-state index in [0.29, 0.717) is 13.1 Å². The number of hydrogen-bond donors (Lipinski definition) is 0. The molecule has 0 saturated carbocycles. The number of para-hydroxylation sites is 1. The Kier molecular flexibility index (Phi) is 5.77. The number of aromatic nitrogens is 4. The van der Waals surface area contributed by atoms with E-state index in [0.717, 1.165) is 53.4 Å². The third-order valence-corrected chi connectivity index (χ3v) is 6.37. The summed E-state index contributed by atoms with van der Waals surface area (Å²) in [7, 11) is 0. The van der Waals surface area contributed by atoms with Crippen molar-refractivity contribution in [2.24, 2.45) is 0 Å². The first-order valence-corrected chi connectivity index (χ1v) is 11.6. The average molecular weight is 441 g/mol. The number of hydrogen-bond acceptors (Lipinski definition) is 5. The number of benzene rings is 2. The summed E-state index contributed by atoms with van der Waals surface area (Å²) in [6.45, 7) is 7.07. The average Bonchev–Trinajstić information content (AvgIpc) is 3.32. The summed E-state index contributed by atoms with van der Waals surface area (Å²) < 4.78 is 1.89. The van der Waals surface area contributed by atoms with Crippen LogP contribution < -0.4 is 4.90 Å². The van der Waals surface area contributed by atoms with Crippen molar-refractivity contribution in [3.63, 3.8) is 0 Å². The minimum Gasteiger partial charge on any atom is -0.352 e. The third-order valence-electron chi connectivity index (χ3n) is 6.37. The fourth-order valence-corrected chi connectivity index (χ4v) is 4.20. The maximum absolute atomic E-state index is 12.9. The Balaban J connectivity index is 1.47. The Morgan fingerprint density at radius 2 is 1.61 bits per heavy atom. The predicted molar refractivity (Wildman–Crippen MR) is 130 cm³/mol. The normalized spacial score (nSPS) is 15.1. The first kappa shape index (κ1) is 21.1. The first-order valence-electron chi connectivity index (χ1n) is 11.6. The van der Waals surface area contributed by atoms with Gasteiger partial charge in [-0.3, -0.25) is 4.79 Å². The lowest BCUT2D eigenvalue weighted by Crippen LogP contribution is -2.49. The zero-order valence-corrected chi connectivity index (χ0v) is 19.1. The highest BCUT2D eigenvalue weighted by Crippen LogP contribution is 2.29. The molecule has 1 saturated heterocycles. The molecule has 7 nitrogen and oxygen atoms in total. The molecule has 1 atom stereocenters. The number of carbonyl (C=O) groups excluding carboxylic acids is 1. The zero-order valence-electron chi connectivity index (χ0n) is 19.1. The summed E-state index contributed by atoms with van der Waals surface area (Å²) in [6, 6.07) is 19.6. The summed E-state index contributed by atoms with van der Waals surface area (Å²) in [5.41, 5.74) is 2.54. The van der Waals surface area contributed by atoms with E-state index in [2.05, 4.69) is 23.8 Å². The number of piperazine rings is 1. The molecular formula is C26H28N6O. The van der Waals surface area contributed by atoms with Gasteiger partial charge in [0.25, 0.3) is 5.91 Å². The van der Waals surface area contributed by atoms with Gasteiger partial charge in [-0.2, -0.15) is 5.10 Å². The molecule has 1 amide bonds. The highest BCUT2D eigenvalue weighted by Gasteiger charge is 2.26. The van der Waals surface area contributed by atoms with Crippen LogP contribution in [-0.4, -0.2) is 56.7 Å². The molecule has 1 aliphatic rings. The first-order chi connectivity index (χ1) is 16.2. The summed E-state index contributed by atoms with van der Waals surface area (Å²) in [5.74, 6) is 2.07. The second-order valence-corrected chi connectivity index (χ2v) is 8.49. The predicted octanol–water partition coefficient (Wildman–Crippen LogP) is 4.29. The number of nitrogens with zero attached hydrogens (tertiary/aromatic N) is 6. The van der Waals surface area contributed by atoms with Crippen LogP contribution in [-0.2, 0) is 0 Å². The van der Waals surface area contributed by atoms with Crippen LogP contribution in [0.4, 0.5) is 5.82 Å². The molecule has 3 heterocycles. The summed E-state index contributed by atoms with van der Waals surface area (Å²) >= 11 is 0. The van der Waals surface area contributed by atoms with E-state index < -0.39 is 0 Å². The Bertz CT molecular complexity index is 1250. The molecule has 2 aromatic heterocycles. The number of fused-ring (bicyclic) bond motifs is 1. The SMILES string of the molecule is CCC(C)c1nc(N2CCN(C(=O)c3ccccc3)CC2)c2cnn(-c3ccccc3)c2n1. The third kappa shape index (κ3) is 4.06. The van der Waals surface area contributed by atoms with E-state index in [9.17, 15) is 4.79 Å². The van der Waals surface area contributed by atoms with Crippen LogP contribution in [0.2, 0.25) is 0 Å². The van der Waals surface area contributed by atoms with Gasteiger partial charge in [0.1, 0.15) is 11.6 Å². The fraction of sp³-hybridized carbons (Fsp3) is 0.308. The molecule has 7 heteroatoms. The zero-order chi connectivity index (χ0) is 22.8. The van der Waals surface area contributed by atoms with Crippen molar-refractivity contribution in [3.8, 4) is 5.69 Å². The van der Waals surface area contributed by atoms with Gasteiger partial charge in [-0.15, -0.1) is 0 Å². The van der Waals surface area contributed by atoms with E-state index in [1.54, 1.807) is 0 Å². The van der Waals surface area contributed by atoms with E-state index >= 15 is 0 Å². The molecule has 4 aromatic rings. The van der Waals surface area contributed by atoms with Gasteiger partial charge in [-0.25, -0.2) is 14.6 Å². The Morgan fingerprint density at radius 1 is 0.939 bits per heavy atom. The maximum atomic E-state index is 12.9. The summed E-state index contributed by atoms with van der Waals surface area (Å²) in [6.07, 6.45) is 2.82. The largest absolute Gasteiger partial charge is 0.352 e. The lowest BCUT2D eigenvalue weighted by Gasteiger charge is -2.35. The van der Waals surface area contributed by atoms with Crippen LogP contribution in [0.3, 0.4) is 0 Å². The van der Waals surface area contributed by atoms with Crippen molar-refractivity contribution in [1.82, 2.24) is 24.6 Å². The lowest BCUT2D eigenvalue weighted by atomic mass is 10.1. The maximum Gasteiger partial charge on any atom is 0.253 e. The quantitative estimate of drug-likeness (QED) is 0.463. The molecule has 5 rings (SSSR count). The van der Waals surface area contributed by atoms with Crippen LogP contribution >= 0.6 is 0 Å². The molecular weight excluding hydrogens is 412 g/mol. The van der Waals surface area contributed by atoms with Crippen LogP contribution in [0.5, 0.6) is 0 Å². The smallest absolute Gasteiger partial charge is 0.253 e. The topological polar surface area (TPSA) is 67.2 Å². The number of amides is 1. The van der Waals surface area contributed by atoms with Crippen LogP contribution in [0.25, 0.3) is 16.7 Å². The monoisotopic (exact) mass is 440 g/mol. The molecule has 2 aromatic carbocycles. The standard InChI is InChI=1S/C26H28N6O/c1-3-19(2)23-28-24(22-18-27-32(25(22)29-23)21-12-8-5-9-13-21)30-14-16-31(17-15-30)26(33)20-10-6-4-7-11-20/h4-13,18-19H,3,14-17H2,1-2H3. The van der Waals surface area contributed by atoms with Crippen LogP contribution in [0, 0.1) is 0 Å². The van der Waals surface area contributed by atoms with Gasteiger partial charge < -0.3 is 9.80 Å². The molecule has 0 bridgehead atoms. The van der Waals surface area contributed by atoms with E-state index in [-0.39, 0.29) is 11.8 Å². The molecule has 0 N–H and O–H groups in total. The Labute approximate surface area is 193 Å². The molecule has 1 aliphatic heterocycles. The van der Waals surface area contributed by atoms with Gasteiger partial charge >= 0.3 is 0 Å². The molecule has 1 fully saturated rings. The van der Waals surface area contributed by atoms with Gasteiger partial charge in [0.2, 0.25) is 0 Å². The van der Waals surface area contributed by atoms with E-state index in [1.807, 2.05) is 76.4 Å². The molecule has 33 heavy (non-hydrogen) atoms. The van der Waals surface area contributed by atoms with Crippen molar-refractivity contribution >= 4 is 22.8 Å². The number of anilines is 1. The fourth-order valence-electron chi connectivity index (χ4n) is 4.20. The van der Waals surface area contributed by atoms with Gasteiger partial charge in [-0.1, -0.05) is 50.2 Å².